The van der Waals surface area contributed by atoms with Crippen molar-refractivity contribution in [1.29, 1.82) is 0 Å². The number of aliphatic hydroxyl groups excluding tert-OH is 3. The molecule has 0 unspecified atom stereocenters. The van der Waals surface area contributed by atoms with Crippen LogP contribution in [0.25, 0.3) is 11.2 Å². The van der Waals surface area contributed by atoms with E-state index in [0.717, 1.165) is 9.13 Å². The van der Waals surface area contributed by atoms with Crippen LogP contribution in [0.15, 0.2) is 30.9 Å². The van der Waals surface area contributed by atoms with Gasteiger partial charge in [0, 0.05) is 15.7 Å². The predicted octanol–water partition coefficient (Wildman–Crippen LogP) is -0.396. The SMILES string of the molecule is Nc1ccc(C[C@@]2(n3cnc4c(N)ncnc43)O[C@H](CO)[C@@H](O)[C@H]2O)cc1[125I]. The summed E-state index contributed by atoms with van der Waals surface area (Å²) in [5.41, 5.74) is 12.5. The number of imidazole rings is 1. The number of nitrogens with two attached hydrogens (primary N) is 2. The van der Waals surface area contributed by atoms with Gasteiger partial charge in [-0.1, -0.05) is 6.07 Å². The third kappa shape index (κ3) is 2.90. The zero-order valence-electron chi connectivity index (χ0n) is 14.6. The lowest BCUT2D eigenvalue weighted by Gasteiger charge is -2.34. The van der Waals surface area contributed by atoms with Crippen molar-refractivity contribution in [3.63, 3.8) is 0 Å². The third-order valence-corrected chi connectivity index (χ3v) is 5.93. The van der Waals surface area contributed by atoms with Crippen molar-refractivity contribution in [3.8, 4) is 0 Å². The van der Waals surface area contributed by atoms with Crippen molar-refractivity contribution >= 4 is 45.3 Å². The maximum Gasteiger partial charge on any atom is 0.180 e. The van der Waals surface area contributed by atoms with E-state index in [9.17, 15) is 15.3 Å². The van der Waals surface area contributed by atoms with E-state index >= 15 is 0 Å². The van der Waals surface area contributed by atoms with Crippen LogP contribution in [0.1, 0.15) is 5.56 Å². The van der Waals surface area contributed by atoms with E-state index in [1.807, 2.05) is 12.1 Å². The molecule has 148 valence electrons. The third-order valence-electron chi connectivity index (χ3n) is 4.99. The fraction of sp³-hybridized carbons (Fsp3) is 0.353. The molecule has 0 spiro atoms. The summed E-state index contributed by atoms with van der Waals surface area (Å²) in [6.07, 6.45) is -0.722. The Labute approximate surface area is 173 Å². The minimum atomic E-state index is -1.46. The van der Waals surface area contributed by atoms with Crippen LogP contribution in [0.5, 0.6) is 0 Å². The number of nitrogen functional groups attached to an aromatic ring is 2. The highest BCUT2D eigenvalue weighted by molar-refractivity contribution is 14.1. The molecule has 4 atom stereocenters. The highest BCUT2D eigenvalue weighted by atomic mass is 125. The first kappa shape index (κ1) is 19.3. The fourth-order valence-corrected chi connectivity index (χ4v) is 4.13. The molecule has 1 aromatic carbocycles. The predicted molar refractivity (Wildman–Crippen MR) is 109 cm³/mol. The second-order valence-corrected chi connectivity index (χ2v) is 7.86. The molecule has 0 saturated carbocycles. The lowest BCUT2D eigenvalue weighted by Crippen LogP contribution is -2.47. The smallest absolute Gasteiger partial charge is 0.180 e. The average molecular weight is 496 g/mol. The summed E-state index contributed by atoms with van der Waals surface area (Å²) in [5.74, 6) is 0.188. The van der Waals surface area contributed by atoms with Gasteiger partial charge < -0.3 is 31.5 Å². The largest absolute Gasteiger partial charge is 0.398 e. The summed E-state index contributed by atoms with van der Waals surface area (Å²) >= 11 is 2.12. The van der Waals surface area contributed by atoms with E-state index in [0.29, 0.717) is 16.9 Å². The lowest BCUT2D eigenvalue weighted by atomic mass is 9.94. The van der Waals surface area contributed by atoms with Crippen LogP contribution < -0.4 is 11.5 Å². The van der Waals surface area contributed by atoms with E-state index < -0.39 is 30.6 Å². The number of halogens is 1. The Bertz CT molecular complexity index is 1030. The van der Waals surface area contributed by atoms with Gasteiger partial charge in [0.25, 0.3) is 0 Å². The second-order valence-electron chi connectivity index (χ2n) is 6.70. The molecule has 10 nitrogen and oxygen atoms in total. The molecule has 11 heteroatoms. The molecular formula is C17H19IN6O4. The van der Waals surface area contributed by atoms with Gasteiger partial charge in [0.15, 0.2) is 17.2 Å². The van der Waals surface area contributed by atoms with Crippen molar-refractivity contribution in [3.05, 3.63) is 40.0 Å². The molecule has 28 heavy (non-hydrogen) atoms. The Morgan fingerprint density at radius 2 is 2.00 bits per heavy atom. The Hall–Kier alpha value is -2.06. The standard InChI is InChI=1S/C17H19IN6O4/c18-9-3-8(1-2-10(9)19)4-17(14(27)13(26)11(5-25)28-17)24-7-23-12-15(20)21-6-22-16(12)24/h1-3,6-7,11,13-14,25-27H,4-5,19H2,(H2,20,21,22)/t11-,13-,14-,17-/m1/s1/i18-2. The molecule has 0 amide bonds. The summed E-state index contributed by atoms with van der Waals surface area (Å²) in [6, 6.07) is 5.45. The summed E-state index contributed by atoms with van der Waals surface area (Å²) < 4.78 is 8.41. The highest BCUT2D eigenvalue weighted by Gasteiger charge is 2.56. The number of benzene rings is 1. The van der Waals surface area contributed by atoms with Gasteiger partial charge in [-0.3, -0.25) is 4.57 Å². The van der Waals surface area contributed by atoms with Crippen LogP contribution in [0.2, 0.25) is 0 Å². The number of ether oxygens (including phenoxy) is 1. The van der Waals surface area contributed by atoms with Crippen LogP contribution in [0, 0.1) is 3.57 Å². The molecule has 4 rings (SSSR count). The highest BCUT2D eigenvalue weighted by Crippen LogP contribution is 2.40. The molecule has 1 aliphatic heterocycles. The van der Waals surface area contributed by atoms with Crippen molar-refractivity contribution < 1.29 is 20.1 Å². The molecule has 0 bridgehead atoms. The summed E-state index contributed by atoms with van der Waals surface area (Å²) in [5, 5.41) is 31.0. The van der Waals surface area contributed by atoms with Crippen LogP contribution in [-0.2, 0) is 16.9 Å². The Kier molecular flexibility index (Phi) is 4.87. The first-order chi connectivity index (χ1) is 13.4. The van der Waals surface area contributed by atoms with Crippen LogP contribution >= 0.6 is 22.6 Å². The number of rotatable bonds is 4. The van der Waals surface area contributed by atoms with Crippen molar-refractivity contribution in [2.24, 2.45) is 0 Å². The topological polar surface area (TPSA) is 166 Å². The molecule has 0 aliphatic carbocycles. The van der Waals surface area contributed by atoms with Gasteiger partial charge in [0.1, 0.15) is 30.2 Å². The van der Waals surface area contributed by atoms with E-state index in [2.05, 4.69) is 37.5 Å². The molecule has 3 heterocycles. The summed E-state index contributed by atoms with van der Waals surface area (Å²) in [7, 11) is 0. The number of nitrogens with zero attached hydrogens (tertiary/aromatic N) is 4. The molecule has 1 saturated heterocycles. The molecular weight excluding hydrogens is 477 g/mol. The van der Waals surface area contributed by atoms with E-state index in [4.69, 9.17) is 16.2 Å². The number of anilines is 2. The van der Waals surface area contributed by atoms with Gasteiger partial charge in [-0.15, -0.1) is 0 Å². The first-order valence-corrected chi connectivity index (χ1v) is 9.58. The van der Waals surface area contributed by atoms with Crippen LogP contribution in [0.4, 0.5) is 11.5 Å². The molecule has 1 fully saturated rings. The fourth-order valence-electron chi connectivity index (χ4n) is 3.55. The summed E-state index contributed by atoms with van der Waals surface area (Å²) in [6.45, 7) is -0.455. The minimum Gasteiger partial charge on any atom is -0.398 e. The quantitative estimate of drug-likeness (QED) is 0.239. The summed E-state index contributed by atoms with van der Waals surface area (Å²) in [4.78, 5) is 12.4. The Balaban J connectivity index is 1.89. The Morgan fingerprint density at radius 1 is 1.21 bits per heavy atom. The minimum absolute atomic E-state index is 0.174. The van der Waals surface area contributed by atoms with Gasteiger partial charge in [0.05, 0.1) is 12.9 Å². The van der Waals surface area contributed by atoms with Crippen LogP contribution in [-0.4, -0.2) is 59.8 Å². The number of aliphatic hydroxyl groups is 3. The van der Waals surface area contributed by atoms with Crippen molar-refractivity contribution in [2.45, 2.75) is 30.5 Å². The van der Waals surface area contributed by atoms with Gasteiger partial charge in [0.2, 0.25) is 0 Å². The van der Waals surface area contributed by atoms with Crippen LogP contribution in [0.3, 0.4) is 0 Å². The Morgan fingerprint density at radius 3 is 2.68 bits per heavy atom. The van der Waals surface area contributed by atoms with Gasteiger partial charge in [-0.05, 0) is 40.3 Å². The molecule has 1 aliphatic rings. The lowest BCUT2D eigenvalue weighted by molar-refractivity contribution is -0.145. The van der Waals surface area contributed by atoms with Gasteiger partial charge >= 0.3 is 0 Å². The first-order valence-electron chi connectivity index (χ1n) is 8.50. The number of aromatic nitrogens is 4. The van der Waals surface area contributed by atoms with Crippen molar-refractivity contribution in [2.75, 3.05) is 18.1 Å². The number of hydrogen-bond acceptors (Lipinski definition) is 9. The van der Waals surface area contributed by atoms with E-state index in [-0.39, 0.29) is 12.2 Å². The molecule has 7 N–H and O–H groups in total. The second kappa shape index (κ2) is 7.08. The van der Waals surface area contributed by atoms with Crippen molar-refractivity contribution in [1.82, 2.24) is 19.5 Å². The van der Waals surface area contributed by atoms with Gasteiger partial charge in [-0.2, -0.15) is 0 Å². The van der Waals surface area contributed by atoms with E-state index in [1.54, 1.807) is 6.07 Å². The maximum atomic E-state index is 11.0. The molecule has 2 aromatic heterocycles. The maximum absolute atomic E-state index is 11.0. The number of fused-ring (bicyclic) bond motifs is 1. The number of hydrogen-bond donors (Lipinski definition) is 5. The van der Waals surface area contributed by atoms with E-state index in [1.165, 1.54) is 17.2 Å². The average Bonchev–Trinajstić information content (AvgIpc) is 3.21. The molecule has 3 aromatic rings. The monoisotopic (exact) mass is 496 g/mol. The zero-order chi connectivity index (χ0) is 20.1. The molecule has 0 radical (unpaired) electrons. The zero-order valence-corrected chi connectivity index (χ0v) is 16.8. The normalized spacial score (nSPS) is 27.5. The van der Waals surface area contributed by atoms with Gasteiger partial charge in [-0.25, -0.2) is 15.0 Å².